The molecule has 2 heterocycles. The molecule has 0 bridgehead atoms. The van der Waals surface area contributed by atoms with Gasteiger partial charge in [-0.15, -0.1) is 0 Å². The van der Waals surface area contributed by atoms with Crippen molar-refractivity contribution in [2.45, 2.75) is 19.6 Å². The van der Waals surface area contributed by atoms with Crippen LogP contribution in [-0.2, 0) is 24.4 Å². The van der Waals surface area contributed by atoms with Gasteiger partial charge < -0.3 is 15.1 Å². The molecule has 190 valence electrons. The third-order valence-corrected chi connectivity index (χ3v) is 6.05. The summed E-state index contributed by atoms with van der Waals surface area (Å²) in [5.41, 5.74) is 1.02. The summed E-state index contributed by atoms with van der Waals surface area (Å²) in [4.78, 5) is 51.9. The summed E-state index contributed by atoms with van der Waals surface area (Å²) in [5, 5.41) is 5.87. The van der Waals surface area contributed by atoms with E-state index in [0.717, 1.165) is 4.57 Å². The monoisotopic (exact) mass is 508 g/mol. The number of amides is 2. The molecule has 0 atom stereocenters. The fourth-order valence-corrected chi connectivity index (χ4v) is 4.16. The van der Waals surface area contributed by atoms with Crippen LogP contribution in [0.2, 0.25) is 0 Å². The van der Waals surface area contributed by atoms with Crippen molar-refractivity contribution < 1.29 is 14.0 Å². The number of nitrogens with one attached hydrogen (secondary N) is 2. The summed E-state index contributed by atoms with van der Waals surface area (Å²) in [6, 6.07) is 25.8. The summed E-state index contributed by atoms with van der Waals surface area (Å²) in [7, 11) is 0. The van der Waals surface area contributed by atoms with Crippen LogP contribution < -0.4 is 21.9 Å². The molecular formula is C29H24N4O5. The Balaban J connectivity index is 1.39. The fraction of sp³-hybridized carbons (Fsp3) is 0.103. The maximum atomic E-state index is 13.4. The van der Waals surface area contributed by atoms with Crippen molar-refractivity contribution in [3.63, 3.8) is 0 Å². The van der Waals surface area contributed by atoms with Crippen molar-refractivity contribution in [1.29, 1.82) is 0 Å². The molecule has 9 nitrogen and oxygen atoms in total. The van der Waals surface area contributed by atoms with Gasteiger partial charge in [0.15, 0.2) is 0 Å². The molecule has 2 aromatic heterocycles. The van der Waals surface area contributed by atoms with Crippen LogP contribution >= 0.6 is 0 Å². The van der Waals surface area contributed by atoms with Crippen LogP contribution in [0, 0.1) is 0 Å². The first-order valence-electron chi connectivity index (χ1n) is 12.0. The average Bonchev–Trinajstić information content (AvgIpc) is 3.47. The number of carbonyl (C=O) groups is 2. The zero-order valence-electron chi connectivity index (χ0n) is 20.3. The number of furan rings is 1. The maximum Gasteiger partial charge on any atom is 0.332 e. The Bertz CT molecular complexity index is 1700. The minimum atomic E-state index is -0.600. The molecule has 3 aromatic carbocycles. The van der Waals surface area contributed by atoms with E-state index in [0.29, 0.717) is 33.5 Å². The smallest absolute Gasteiger partial charge is 0.332 e. The number of nitrogens with zero attached hydrogens (tertiary/aromatic N) is 2. The lowest BCUT2D eigenvalue weighted by atomic mass is 10.1. The lowest BCUT2D eigenvalue weighted by Crippen LogP contribution is -2.42. The highest BCUT2D eigenvalue weighted by atomic mass is 16.3. The Kier molecular flexibility index (Phi) is 6.99. The Morgan fingerprint density at radius 1 is 0.789 bits per heavy atom. The van der Waals surface area contributed by atoms with Gasteiger partial charge >= 0.3 is 5.69 Å². The van der Waals surface area contributed by atoms with Crippen LogP contribution in [0.3, 0.4) is 0 Å². The number of aromatic nitrogens is 2. The molecule has 0 spiro atoms. The van der Waals surface area contributed by atoms with Crippen LogP contribution in [-0.4, -0.2) is 20.9 Å². The molecule has 0 unspecified atom stereocenters. The number of carbonyl (C=O) groups excluding carboxylic acids is 2. The third-order valence-electron chi connectivity index (χ3n) is 6.05. The van der Waals surface area contributed by atoms with E-state index < -0.39 is 17.2 Å². The second-order valence-electron chi connectivity index (χ2n) is 8.65. The van der Waals surface area contributed by atoms with Gasteiger partial charge in [0.1, 0.15) is 12.3 Å². The number of anilines is 1. The first-order valence-corrected chi connectivity index (χ1v) is 12.0. The highest BCUT2D eigenvalue weighted by Gasteiger charge is 2.16. The van der Waals surface area contributed by atoms with Gasteiger partial charge in [0.05, 0.1) is 30.3 Å². The van der Waals surface area contributed by atoms with Gasteiger partial charge in [-0.25, -0.2) is 4.79 Å². The average molecular weight is 509 g/mol. The van der Waals surface area contributed by atoms with Crippen LogP contribution in [0.15, 0.2) is 111 Å². The van der Waals surface area contributed by atoms with E-state index in [1.165, 1.54) is 10.8 Å². The molecule has 0 aliphatic rings. The molecular weight excluding hydrogens is 484 g/mol. The van der Waals surface area contributed by atoms with Crippen molar-refractivity contribution in [3.8, 4) is 0 Å². The van der Waals surface area contributed by atoms with E-state index in [-0.39, 0.29) is 25.5 Å². The Labute approximate surface area is 217 Å². The standard InChI is InChI=1S/C29H24N4O5/c34-26(31-22-7-2-1-3-8-22)19-32-25-11-5-4-10-24(25)28(36)33(29(32)37)18-20-12-14-21(15-13-20)27(35)30-17-23-9-6-16-38-23/h1-16H,17-19H2,(H,30,35)(H,31,34). The molecule has 0 aliphatic heterocycles. The van der Waals surface area contributed by atoms with E-state index in [1.54, 1.807) is 84.9 Å². The van der Waals surface area contributed by atoms with Gasteiger partial charge in [-0.1, -0.05) is 42.5 Å². The van der Waals surface area contributed by atoms with Crippen LogP contribution in [0.5, 0.6) is 0 Å². The van der Waals surface area contributed by atoms with Gasteiger partial charge in [0, 0.05) is 11.3 Å². The minimum absolute atomic E-state index is 0.0168. The number of rotatable bonds is 8. The number of benzene rings is 3. The second-order valence-corrected chi connectivity index (χ2v) is 8.65. The number of hydrogen-bond donors (Lipinski definition) is 2. The summed E-state index contributed by atoms with van der Waals surface area (Å²) < 4.78 is 7.62. The van der Waals surface area contributed by atoms with Crippen molar-refractivity contribution >= 4 is 28.4 Å². The molecule has 2 amide bonds. The molecule has 9 heteroatoms. The number of hydrogen-bond acceptors (Lipinski definition) is 5. The van der Waals surface area contributed by atoms with Crippen LogP contribution in [0.25, 0.3) is 10.9 Å². The molecule has 38 heavy (non-hydrogen) atoms. The second kappa shape index (κ2) is 10.8. The fourth-order valence-electron chi connectivity index (χ4n) is 4.16. The topological polar surface area (TPSA) is 115 Å². The molecule has 2 N–H and O–H groups in total. The summed E-state index contributed by atoms with van der Waals surface area (Å²) in [6.45, 7) is -0.0160. The summed E-state index contributed by atoms with van der Waals surface area (Å²) in [6.07, 6.45) is 1.54. The van der Waals surface area contributed by atoms with Gasteiger partial charge in [-0.2, -0.15) is 0 Å². The van der Waals surface area contributed by atoms with Gasteiger partial charge in [-0.05, 0) is 54.1 Å². The Hall–Kier alpha value is -5.18. The largest absolute Gasteiger partial charge is 0.467 e. The molecule has 0 radical (unpaired) electrons. The van der Waals surface area contributed by atoms with E-state index >= 15 is 0 Å². The van der Waals surface area contributed by atoms with E-state index in [9.17, 15) is 19.2 Å². The molecule has 5 aromatic rings. The van der Waals surface area contributed by atoms with Crippen molar-refractivity contribution in [2.75, 3.05) is 5.32 Å². The molecule has 0 aliphatic carbocycles. The highest BCUT2D eigenvalue weighted by molar-refractivity contribution is 5.94. The first kappa shape index (κ1) is 24.5. The van der Waals surface area contributed by atoms with Gasteiger partial charge in [-0.3, -0.25) is 23.5 Å². The van der Waals surface area contributed by atoms with Crippen molar-refractivity contribution in [2.24, 2.45) is 0 Å². The van der Waals surface area contributed by atoms with Crippen molar-refractivity contribution in [1.82, 2.24) is 14.5 Å². The summed E-state index contributed by atoms with van der Waals surface area (Å²) >= 11 is 0. The minimum Gasteiger partial charge on any atom is -0.467 e. The Morgan fingerprint density at radius 3 is 2.26 bits per heavy atom. The first-order chi connectivity index (χ1) is 18.5. The van der Waals surface area contributed by atoms with Crippen LogP contribution in [0.1, 0.15) is 21.7 Å². The molecule has 0 saturated heterocycles. The van der Waals surface area contributed by atoms with Crippen molar-refractivity contribution in [3.05, 3.63) is 135 Å². The number of para-hydroxylation sites is 2. The van der Waals surface area contributed by atoms with E-state index in [2.05, 4.69) is 10.6 Å². The lowest BCUT2D eigenvalue weighted by molar-refractivity contribution is -0.116. The lowest BCUT2D eigenvalue weighted by Gasteiger charge is -2.14. The predicted octanol–water partition coefficient (Wildman–Crippen LogP) is 3.37. The molecule has 0 saturated carbocycles. The van der Waals surface area contributed by atoms with E-state index in [1.807, 2.05) is 6.07 Å². The van der Waals surface area contributed by atoms with Crippen LogP contribution in [0.4, 0.5) is 5.69 Å². The normalized spacial score (nSPS) is 10.8. The molecule has 0 fully saturated rings. The zero-order valence-corrected chi connectivity index (χ0v) is 20.3. The summed E-state index contributed by atoms with van der Waals surface area (Å²) in [5.74, 6) is -0.0273. The van der Waals surface area contributed by atoms with Gasteiger partial charge in [0.2, 0.25) is 5.91 Å². The predicted molar refractivity (Wildman–Crippen MR) is 143 cm³/mol. The zero-order chi connectivity index (χ0) is 26.5. The molecule has 5 rings (SSSR count). The SMILES string of the molecule is O=C(Cn1c(=O)n(Cc2ccc(C(=O)NCc3ccco3)cc2)c(=O)c2ccccc21)Nc1ccccc1. The number of fused-ring (bicyclic) bond motifs is 1. The highest BCUT2D eigenvalue weighted by Crippen LogP contribution is 2.11. The Morgan fingerprint density at radius 2 is 1.53 bits per heavy atom. The maximum absolute atomic E-state index is 13.4. The van der Waals surface area contributed by atoms with E-state index in [4.69, 9.17) is 4.42 Å². The van der Waals surface area contributed by atoms with Gasteiger partial charge in [0.25, 0.3) is 11.5 Å². The third kappa shape index (κ3) is 5.31. The quantitative estimate of drug-likeness (QED) is 0.334.